The minimum Gasteiger partial charge on any atom is -0.481 e. The van der Waals surface area contributed by atoms with Gasteiger partial charge in [0.2, 0.25) is 59.1 Å². The first-order chi connectivity index (χ1) is 33.9. The molecule has 0 aromatic rings. The third-order valence-corrected chi connectivity index (χ3v) is 6.83. The maximum atomic E-state index is 12.1. The van der Waals surface area contributed by atoms with Crippen LogP contribution in [0.1, 0.15) is 135 Å². The average molecular weight is 1060 g/mol. The summed E-state index contributed by atoms with van der Waals surface area (Å²) in [6.45, 7) is 23.6. The molecule has 0 aromatic heterocycles. The molecule has 0 bridgehead atoms. The van der Waals surface area contributed by atoms with Crippen molar-refractivity contribution in [2.24, 2.45) is 0 Å². The van der Waals surface area contributed by atoms with E-state index in [-0.39, 0.29) is 19.2 Å². The lowest BCUT2D eigenvalue weighted by Crippen LogP contribution is -2.55. The van der Waals surface area contributed by atoms with Crippen molar-refractivity contribution in [3.63, 3.8) is 0 Å². The van der Waals surface area contributed by atoms with Gasteiger partial charge in [0.15, 0.2) is 0 Å². The Morgan fingerprint density at radius 3 is 0.740 bits per heavy atom. The second kappa shape index (κ2) is 50.9. The molecular formula is C43H80N10O20. The van der Waals surface area contributed by atoms with E-state index in [1.54, 1.807) is 6.92 Å². The Labute approximate surface area is 424 Å². The molecule has 0 rings (SSSR count). The molecule has 0 heterocycles. The predicted octanol–water partition coefficient (Wildman–Crippen LogP) is -2.13. The van der Waals surface area contributed by atoms with Crippen LogP contribution < -0.4 is 53.2 Å². The van der Waals surface area contributed by atoms with Gasteiger partial charge in [-0.1, -0.05) is 68.7 Å². The van der Waals surface area contributed by atoms with E-state index in [9.17, 15) is 71.9 Å². The Hall–Kier alpha value is -7.47. The van der Waals surface area contributed by atoms with E-state index in [4.69, 9.17) is 25.5 Å². The van der Waals surface area contributed by atoms with Crippen LogP contribution in [-0.4, -0.2) is 165 Å². The van der Waals surface area contributed by atoms with Gasteiger partial charge in [0.05, 0.1) is 63.6 Å². The van der Waals surface area contributed by atoms with Gasteiger partial charge in [-0.2, -0.15) is 0 Å². The number of hydrogen-bond acceptors (Lipinski definition) is 18. The molecule has 0 radical (unpaired) electrons. The Morgan fingerprint density at radius 1 is 0.329 bits per heavy atom. The minimum absolute atomic E-state index is 0.0569. The number of hydrogen-bond donors (Lipinski definition) is 15. The van der Waals surface area contributed by atoms with Crippen molar-refractivity contribution >= 4 is 88.9 Å². The quantitative estimate of drug-likeness (QED) is 0.0434. The van der Waals surface area contributed by atoms with Crippen molar-refractivity contribution in [2.45, 2.75) is 166 Å². The highest BCUT2D eigenvalue weighted by Crippen LogP contribution is 2.00. The summed E-state index contributed by atoms with van der Waals surface area (Å²) >= 11 is 0. The summed E-state index contributed by atoms with van der Waals surface area (Å²) in [6, 6.07) is -6.60. The van der Waals surface area contributed by atoms with Gasteiger partial charge in [-0.15, -0.1) is 0 Å². The fourth-order valence-electron chi connectivity index (χ4n) is 4.23. The Bertz CT molecular complexity index is 1760. The van der Waals surface area contributed by atoms with Crippen LogP contribution in [0.15, 0.2) is 0 Å². The van der Waals surface area contributed by atoms with Crippen LogP contribution in [0.2, 0.25) is 0 Å². The maximum absolute atomic E-state index is 12.1. The maximum Gasteiger partial charge on any atom is 0.305 e. The number of nitrogens with one attached hydrogen (secondary N) is 10. The van der Waals surface area contributed by atoms with Gasteiger partial charge >= 0.3 is 29.8 Å². The molecule has 0 aliphatic carbocycles. The highest BCUT2D eigenvalue weighted by Gasteiger charge is 2.30. The van der Waals surface area contributed by atoms with Crippen LogP contribution in [0, 0.1) is 0 Å². The van der Waals surface area contributed by atoms with Crippen molar-refractivity contribution in [3.05, 3.63) is 0 Å². The summed E-state index contributed by atoms with van der Waals surface area (Å²) in [5.74, 6) is -13.9. The first-order valence-electron chi connectivity index (χ1n) is 22.8. The fourth-order valence-corrected chi connectivity index (χ4v) is 4.23. The third kappa shape index (κ3) is 55.3. The van der Waals surface area contributed by atoms with E-state index in [1.165, 1.54) is 20.3 Å². The van der Waals surface area contributed by atoms with Crippen LogP contribution >= 0.6 is 0 Å². The molecule has 30 heteroatoms. The zero-order valence-corrected chi connectivity index (χ0v) is 44.1. The highest BCUT2D eigenvalue weighted by atomic mass is 16.4. The number of amides is 10. The normalized spacial score (nSPS) is 11.3. The number of carbonyl (C=O) groups excluding carboxylic acids is 10. The molecule has 30 nitrogen and oxygen atoms in total. The lowest BCUT2D eigenvalue weighted by molar-refractivity contribution is -0.143. The van der Waals surface area contributed by atoms with Gasteiger partial charge in [-0.05, 0) is 6.54 Å². The SMILES string of the molecule is CC.CC.CC.CC(=O)NCN[C@@H](CC(=O)O)C(=O)NC(C)=O.CC(=O)NCN[C@@H](CC(=O)O)C(=O)N[C@@H](CC(=O)O)C(=O)NC(C)=O.CCC.CCN[C@@H](CC(=O)O)C(=O)N[C@@H](CC(=O)O)C(=O)NC(C)=O. The van der Waals surface area contributed by atoms with E-state index >= 15 is 0 Å². The molecule has 0 aliphatic heterocycles. The van der Waals surface area contributed by atoms with Crippen molar-refractivity contribution in [1.29, 1.82) is 0 Å². The van der Waals surface area contributed by atoms with Crippen molar-refractivity contribution in [2.75, 3.05) is 19.9 Å². The van der Waals surface area contributed by atoms with E-state index in [2.05, 4.69) is 51.1 Å². The van der Waals surface area contributed by atoms with E-state index in [0.29, 0.717) is 6.54 Å². The summed E-state index contributed by atoms with van der Waals surface area (Å²) in [5.41, 5.74) is 0. The molecule has 0 aromatic carbocycles. The first kappa shape index (κ1) is 79.7. The molecule has 0 unspecified atom stereocenters. The summed E-state index contributed by atoms with van der Waals surface area (Å²) in [6.07, 6.45) is -2.00. The molecule has 5 atom stereocenters. The lowest BCUT2D eigenvalue weighted by Gasteiger charge is -2.21. The number of aliphatic carboxylic acids is 5. The molecular weight excluding hydrogens is 977 g/mol. The summed E-state index contributed by atoms with van der Waals surface area (Å²) in [7, 11) is 0. The molecule has 0 fully saturated rings. The van der Waals surface area contributed by atoms with Gasteiger partial charge < -0.3 is 52.1 Å². The summed E-state index contributed by atoms with van der Waals surface area (Å²) < 4.78 is 0. The third-order valence-electron chi connectivity index (χ3n) is 6.83. The molecule has 10 amide bonds. The number of rotatable bonds is 25. The zero-order chi connectivity index (χ0) is 59.0. The van der Waals surface area contributed by atoms with Crippen LogP contribution in [0.25, 0.3) is 0 Å². The second-order valence-corrected chi connectivity index (χ2v) is 13.4. The van der Waals surface area contributed by atoms with Crippen molar-refractivity contribution in [3.8, 4) is 0 Å². The molecule has 422 valence electrons. The number of carboxylic acid groups (broad SMARTS) is 5. The Balaban J connectivity index is -0.000000167. The summed E-state index contributed by atoms with van der Waals surface area (Å²) in [5, 5.41) is 65.8. The topological polar surface area (TPSA) is 477 Å². The molecule has 0 saturated heterocycles. The van der Waals surface area contributed by atoms with Gasteiger partial charge in [0.1, 0.15) is 12.1 Å². The molecule has 0 aliphatic rings. The fraction of sp³-hybridized carbons (Fsp3) is 0.651. The van der Waals surface area contributed by atoms with Crippen molar-refractivity contribution in [1.82, 2.24) is 53.2 Å². The van der Waals surface area contributed by atoms with Crippen LogP contribution in [-0.2, 0) is 71.9 Å². The van der Waals surface area contributed by atoms with E-state index in [1.807, 2.05) is 57.5 Å². The Kier molecular flexibility index (Phi) is 55.5. The minimum atomic E-state index is -1.58. The van der Waals surface area contributed by atoms with E-state index < -0.39 is 145 Å². The zero-order valence-electron chi connectivity index (χ0n) is 44.1. The number of carbonyl (C=O) groups is 15. The smallest absolute Gasteiger partial charge is 0.305 e. The molecule has 15 N–H and O–H groups in total. The predicted molar refractivity (Wildman–Crippen MR) is 260 cm³/mol. The van der Waals surface area contributed by atoms with Gasteiger partial charge in [0.25, 0.3) is 0 Å². The van der Waals surface area contributed by atoms with Gasteiger partial charge in [-0.3, -0.25) is 98.5 Å². The number of imide groups is 3. The molecule has 73 heavy (non-hydrogen) atoms. The highest BCUT2D eigenvalue weighted by molar-refractivity contribution is 6.02. The molecule has 0 saturated carbocycles. The van der Waals surface area contributed by atoms with Gasteiger partial charge in [0, 0.05) is 34.6 Å². The van der Waals surface area contributed by atoms with Crippen LogP contribution in [0.3, 0.4) is 0 Å². The lowest BCUT2D eigenvalue weighted by atomic mass is 10.1. The van der Waals surface area contributed by atoms with E-state index in [0.717, 1.165) is 20.8 Å². The molecule has 0 spiro atoms. The number of likely N-dealkylation sites (N-methyl/N-ethyl adjacent to an activating group) is 1. The first-order valence-corrected chi connectivity index (χ1v) is 22.8. The van der Waals surface area contributed by atoms with Crippen LogP contribution in [0.4, 0.5) is 0 Å². The van der Waals surface area contributed by atoms with Crippen molar-refractivity contribution < 1.29 is 97.5 Å². The number of carboxylic acids is 5. The van der Waals surface area contributed by atoms with Gasteiger partial charge in [-0.25, -0.2) is 0 Å². The summed E-state index contributed by atoms with van der Waals surface area (Å²) in [4.78, 5) is 166. The monoisotopic (exact) mass is 1060 g/mol. The van der Waals surface area contributed by atoms with Crippen LogP contribution in [0.5, 0.6) is 0 Å². The second-order valence-electron chi connectivity index (χ2n) is 13.4. The average Bonchev–Trinajstić information content (AvgIpc) is 3.26. The Morgan fingerprint density at radius 2 is 0.534 bits per heavy atom. The standard InChI is InChI=1S/C13H20N4O8.C12H19N3O7.C9H15N3O5.C3H8.3C2H6/c1-6(18)14-5-15-8(3-10(20)21)12(24)17-9(4-11(22)23)13(25)16-7(2)19;1-3-13-7(4-9(17)18)11(21)15-8(5-10(19)20)12(22)14-6(2)16;1-5(13)10-4-11-7(3-8(15)16)9(17)12-6(2)14;1-3-2;3*1-2/h8-9,15H,3-5H2,1-2H3,(H,14,18)(H,17,24)(H,20,21)(H,22,23)(H,16,19,25);7-8,13H,3-5H2,1-2H3,(H,15,21)(H,17,18)(H,19,20)(H,14,16,22);7,11H,3-4H2,1-2H3,(H,10,13)(H,15,16)(H,12,14,17);3H2,1-2H3;3*1-2H3/t8-,9-;7-,8-;7-;;;;/m000..../s1. The largest absolute Gasteiger partial charge is 0.481 e.